The summed E-state index contributed by atoms with van der Waals surface area (Å²) >= 11 is 6.32. The third-order valence-electron chi connectivity index (χ3n) is 7.92. The summed E-state index contributed by atoms with van der Waals surface area (Å²) in [6.45, 7) is 6.49. The molecule has 6 nitrogen and oxygen atoms in total. The predicted molar refractivity (Wildman–Crippen MR) is 122 cm³/mol. The van der Waals surface area contributed by atoms with Gasteiger partial charge >= 0.3 is 0 Å². The van der Waals surface area contributed by atoms with Crippen molar-refractivity contribution in [3.63, 3.8) is 0 Å². The monoisotopic (exact) mass is 449 g/mol. The van der Waals surface area contributed by atoms with Crippen LogP contribution in [0.3, 0.4) is 0 Å². The molecule has 1 spiro atoms. The number of amides is 3. The molecule has 4 atom stereocenters. The van der Waals surface area contributed by atoms with Crippen LogP contribution in [0.4, 0.5) is 11.4 Å². The number of benzene rings is 2. The first-order chi connectivity index (χ1) is 15.3. The number of nitrogens with zero attached hydrogens (tertiary/aromatic N) is 2. The van der Waals surface area contributed by atoms with E-state index < -0.39 is 17.4 Å². The first kappa shape index (κ1) is 19.9. The molecule has 3 amide bonds. The molecule has 4 aliphatic heterocycles. The van der Waals surface area contributed by atoms with Gasteiger partial charge in [0.15, 0.2) is 0 Å². The highest BCUT2D eigenvalue weighted by Crippen LogP contribution is 2.61. The van der Waals surface area contributed by atoms with Crippen LogP contribution in [0, 0.1) is 32.6 Å². The Balaban J connectivity index is 1.59. The van der Waals surface area contributed by atoms with Crippen LogP contribution in [0.5, 0.6) is 0 Å². The Bertz CT molecular complexity index is 1240. The van der Waals surface area contributed by atoms with E-state index in [1.165, 1.54) is 4.90 Å². The Kier molecular flexibility index (Phi) is 4.00. The van der Waals surface area contributed by atoms with Gasteiger partial charge in [-0.05, 0) is 63.4 Å². The fourth-order valence-electron chi connectivity index (χ4n) is 6.74. The summed E-state index contributed by atoms with van der Waals surface area (Å²) in [7, 11) is 0. The summed E-state index contributed by atoms with van der Waals surface area (Å²) in [5.41, 5.74) is 3.69. The van der Waals surface area contributed by atoms with Gasteiger partial charge < -0.3 is 5.32 Å². The highest BCUT2D eigenvalue weighted by atomic mass is 35.5. The molecule has 32 heavy (non-hydrogen) atoms. The van der Waals surface area contributed by atoms with Crippen LogP contribution in [-0.2, 0) is 19.9 Å². The molecule has 4 aliphatic rings. The maximum absolute atomic E-state index is 14.0. The molecular weight excluding hydrogens is 426 g/mol. The van der Waals surface area contributed by atoms with Gasteiger partial charge in [0, 0.05) is 22.3 Å². The van der Waals surface area contributed by atoms with Gasteiger partial charge in [-0.15, -0.1) is 0 Å². The number of carbonyl (C=O) groups excluding carboxylic acids is 3. The van der Waals surface area contributed by atoms with Crippen LogP contribution in [0.15, 0.2) is 30.3 Å². The standard InChI is InChI=1S/C25H24ClN3O3/c1-12-10-13(2)21-15(11-12)25(24(32)27-21)20-19(18-8-5-9-28(18)25)22(30)29(23(20)31)17-7-4-6-16(26)14(17)3/h4,6-7,10-11,18-20H,5,8-9H2,1-3H3,(H,27,32)/t18-,19-,20+,25-/m1/s1. The van der Waals surface area contributed by atoms with Gasteiger partial charge in [0.2, 0.25) is 17.7 Å². The highest BCUT2D eigenvalue weighted by Gasteiger charge is 2.74. The van der Waals surface area contributed by atoms with Gasteiger partial charge in [0.25, 0.3) is 0 Å². The predicted octanol–water partition coefficient (Wildman–Crippen LogP) is 3.70. The van der Waals surface area contributed by atoms with Gasteiger partial charge in [-0.1, -0.05) is 35.4 Å². The first-order valence-corrected chi connectivity index (χ1v) is 11.5. The van der Waals surface area contributed by atoms with Crippen molar-refractivity contribution < 1.29 is 14.4 Å². The number of anilines is 2. The lowest BCUT2D eigenvalue weighted by molar-refractivity contribution is -0.135. The van der Waals surface area contributed by atoms with Crippen LogP contribution in [0.25, 0.3) is 0 Å². The zero-order valence-corrected chi connectivity index (χ0v) is 19.0. The lowest BCUT2D eigenvalue weighted by Gasteiger charge is -2.37. The van der Waals surface area contributed by atoms with Crippen molar-refractivity contribution in [3.05, 3.63) is 57.6 Å². The molecule has 0 radical (unpaired) electrons. The average Bonchev–Trinajstić information content (AvgIpc) is 3.44. The number of nitrogens with one attached hydrogen (secondary N) is 1. The first-order valence-electron chi connectivity index (χ1n) is 11.1. The summed E-state index contributed by atoms with van der Waals surface area (Å²) in [4.78, 5) is 45.0. The summed E-state index contributed by atoms with van der Waals surface area (Å²) in [6, 6.07) is 9.19. The van der Waals surface area contributed by atoms with E-state index in [-0.39, 0.29) is 23.8 Å². The molecule has 164 valence electrons. The Morgan fingerprint density at radius 2 is 1.88 bits per heavy atom. The van der Waals surface area contributed by atoms with Crippen LogP contribution in [-0.4, -0.2) is 35.2 Å². The number of aryl methyl sites for hydroxylation is 2. The SMILES string of the molecule is Cc1cc(C)c2c(c1)[C@]1(C(=O)N2)[C@@H]2C(=O)N(c3cccc(Cl)c3C)C(=O)[C@@H]2[C@H]2CCCN21. The van der Waals surface area contributed by atoms with E-state index >= 15 is 0 Å². The van der Waals surface area contributed by atoms with Crippen LogP contribution in [0.2, 0.25) is 5.02 Å². The van der Waals surface area contributed by atoms with Crippen molar-refractivity contribution in [3.8, 4) is 0 Å². The maximum atomic E-state index is 14.0. The van der Waals surface area contributed by atoms with Gasteiger partial charge in [0.1, 0.15) is 5.54 Å². The van der Waals surface area contributed by atoms with Gasteiger partial charge in [-0.2, -0.15) is 0 Å². The molecule has 2 aromatic rings. The smallest absolute Gasteiger partial charge is 0.250 e. The second-order valence-electron chi connectivity index (χ2n) is 9.53. The summed E-state index contributed by atoms with van der Waals surface area (Å²) in [5, 5.41) is 3.58. The normalized spacial score (nSPS) is 30.8. The molecule has 1 N–H and O–H groups in total. The summed E-state index contributed by atoms with van der Waals surface area (Å²) in [5.74, 6) is -2.00. The van der Waals surface area contributed by atoms with Crippen LogP contribution in [0.1, 0.15) is 35.1 Å². The minimum Gasteiger partial charge on any atom is -0.324 e. The van der Waals surface area contributed by atoms with E-state index in [0.717, 1.165) is 35.2 Å². The second kappa shape index (κ2) is 6.42. The van der Waals surface area contributed by atoms with Crippen LogP contribution >= 0.6 is 11.6 Å². The van der Waals surface area contributed by atoms with Gasteiger partial charge in [-0.3, -0.25) is 19.3 Å². The number of rotatable bonds is 1. The largest absolute Gasteiger partial charge is 0.324 e. The number of hydrogen-bond donors (Lipinski definition) is 1. The molecule has 7 heteroatoms. The van der Waals surface area contributed by atoms with E-state index in [1.54, 1.807) is 18.2 Å². The van der Waals surface area contributed by atoms with E-state index in [0.29, 0.717) is 22.8 Å². The maximum Gasteiger partial charge on any atom is 0.250 e. The fraction of sp³-hybridized carbons (Fsp3) is 0.400. The Morgan fingerprint density at radius 1 is 1.09 bits per heavy atom. The van der Waals surface area contributed by atoms with Crippen LogP contribution < -0.4 is 10.2 Å². The van der Waals surface area contributed by atoms with E-state index in [4.69, 9.17) is 11.6 Å². The van der Waals surface area contributed by atoms with E-state index in [2.05, 4.69) is 10.2 Å². The zero-order valence-electron chi connectivity index (χ0n) is 18.2. The summed E-state index contributed by atoms with van der Waals surface area (Å²) < 4.78 is 0. The number of imide groups is 1. The number of carbonyl (C=O) groups is 3. The third-order valence-corrected chi connectivity index (χ3v) is 8.33. The number of fused-ring (bicyclic) bond motifs is 7. The minimum atomic E-state index is -1.15. The van der Waals surface area contributed by atoms with Crippen molar-refractivity contribution in [2.75, 3.05) is 16.8 Å². The van der Waals surface area contributed by atoms with Crippen molar-refractivity contribution in [2.45, 2.75) is 45.2 Å². The molecule has 4 heterocycles. The molecule has 0 aliphatic carbocycles. The van der Waals surface area contributed by atoms with Gasteiger partial charge in [0.05, 0.1) is 17.5 Å². The second-order valence-corrected chi connectivity index (χ2v) is 9.93. The Hall–Kier alpha value is -2.70. The molecule has 2 aromatic carbocycles. The minimum absolute atomic E-state index is 0.126. The molecule has 3 fully saturated rings. The summed E-state index contributed by atoms with van der Waals surface area (Å²) in [6.07, 6.45) is 1.71. The lowest BCUT2D eigenvalue weighted by atomic mass is 9.75. The van der Waals surface area contributed by atoms with Gasteiger partial charge in [-0.25, -0.2) is 4.90 Å². The lowest BCUT2D eigenvalue weighted by Crippen LogP contribution is -2.54. The van der Waals surface area contributed by atoms with Crippen molar-refractivity contribution in [2.24, 2.45) is 11.8 Å². The number of hydrogen-bond acceptors (Lipinski definition) is 4. The van der Waals surface area contributed by atoms with Crippen molar-refractivity contribution in [1.29, 1.82) is 0 Å². The third kappa shape index (κ3) is 2.17. The highest BCUT2D eigenvalue weighted by molar-refractivity contribution is 6.32. The van der Waals surface area contributed by atoms with Crippen molar-refractivity contribution >= 4 is 40.7 Å². The topological polar surface area (TPSA) is 69.7 Å². The molecule has 0 unspecified atom stereocenters. The zero-order chi connectivity index (χ0) is 22.5. The quantitative estimate of drug-likeness (QED) is 0.674. The molecule has 0 bridgehead atoms. The van der Waals surface area contributed by atoms with E-state index in [9.17, 15) is 14.4 Å². The molecule has 0 saturated carbocycles. The molecule has 3 saturated heterocycles. The number of halogens is 1. The molecule has 0 aromatic heterocycles. The Labute approximate surface area is 191 Å². The molecule has 6 rings (SSSR count). The Morgan fingerprint density at radius 3 is 2.66 bits per heavy atom. The van der Waals surface area contributed by atoms with E-state index in [1.807, 2.05) is 32.9 Å². The van der Waals surface area contributed by atoms with Crippen molar-refractivity contribution in [1.82, 2.24) is 4.90 Å². The average molecular weight is 450 g/mol. The molecular formula is C25H24ClN3O3. The fourth-order valence-corrected chi connectivity index (χ4v) is 6.91.